The van der Waals surface area contributed by atoms with Gasteiger partial charge in [-0.1, -0.05) is 50.7 Å². The van der Waals surface area contributed by atoms with E-state index in [9.17, 15) is 10.1 Å². The minimum Gasteiger partial charge on any atom is -0.379 e. The van der Waals surface area contributed by atoms with Gasteiger partial charge in [0.25, 0.3) is 5.69 Å². The highest BCUT2D eigenvalue weighted by Crippen LogP contribution is 2.33. The summed E-state index contributed by atoms with van der Waals surface area (Å²) in [6, 6.07) is 7.83. The lowest BCUT2D eigenvalue weighted by Gasteiger charge is -2.10. The Kier molecular flexibility index (Phi) is 5.32. The smallest absolute Gasteiger partial charge is 0.274 e. The van der Waals surface area contributed by atoms with E-state index in [0.29, 0.717) is 26.3 Å². The molecule has 0 atom stereocenters. The van der Waals surface area contributed by atoms with Crippen LogP contribution < -0.4 is 5.32 Å². The number of nitro benzene ring substituents is 1. The van der Waals surface area contributed by atoms with E-state index in [1.165, 1.54) is 12.1 Å². The van der Waals surface area contributed by atoms with Gasteiger partial charge < -0.3 is 5.32 Å². The molecule has 0 fully saturated rings. The number of nitrogens with one attached hydrogen (secondary N) is 1. The molecule has 0 amide bonds. The Hall–Kier alpha value is -1.01. The first-order chi connectivity index (χ1) is 9.88. The average molecular weight is 410 g/mol. The van der Waals surface area contributed by atoms with Gasteiger partial charge in [0.05, 0.1) is 25.7 Å². The van der Waals surface area contributed by atoms with Crippen LogP contribution in [0.1, 0.15) is 5.56 Å². The molecule has 8 heteroatoms. The monoisotopic (exact) mass is 408 g/mol. The van der Waals surface area contributed by atoms with Gasteiger partial charge in [0.1, 0.15) is 0 Å². The fourth-order valence-electron chi connectivity index (χ4n) is 1.72. The second kappa shape index (κ2) is 6.83. The molecule has 4 nitrogen and oxygen atoms in total. The molecule has 0 spiro atoms. The Morgan fingerprint density at radius 1 is 1.10 bits per heavy atom. The van der Waals surface area contributed by atoms with E-state index in [1.54, 1.807) is 18.2 Å². The van der Waals surface area contributed by atoms with E-state index in [0.717, 1.165) is 4.47 Å². The van der Waals surface area contributed by atoms with Gasteiger partial charge in [0.15, 0.2) is 0 Å². The summed E-state index contributed by atoms with van der Waals surface area (Å²) in [6.07, 6.45) is 0. The maximum Gasteiger partial charge on any atom is 0.274 e. The normalized spacial score (nSPS) is 10.5. The van der Waals surface area contributed by atoms with Crippen molar-refractivity contribution >= 4 is 62.1 Å². The minimum absolute atomic E-state index is 0.0295. The van der Waals surface area contributed by atoms with Crippen LogP contribution in [0.2, 0.25) is 15.1 Å². The molecule has 0 aliphatic heterocycles. The van der Waals surface area contributed by atoms with E-state index < -0.39 is 4.92 Å². The summed E-state index contributed by atoms with van der Waals surface area (Å²) in [4.78, 5) is 10.6. The number of benzene rings is 2. The largest absolute Gasteiger partial charge is 0.379 e. The second-order valence-electron chi connectivity index (χ2n) is 4.13. The highest BCUT2D eigenvalue weighted by atomic mass is 79.9. The molecule has 0 aliphatic carbocycles. The van der Waals surface area contributed by atoms with Gasteiger partial charge in [-0.3, -0.25) is 10.1 Å². The van der Waals surface area contributed by atoms with Crippen LogP contribution >= 0.6 is 50.7 Å². The molecule has 0 heterocycles. The SMILES string of the molecule is O=[N+]([O-])c1ccc(Br)cc1CNc1cc(Cl)c(Cl)cc1Cl. The van der Waals surface area contributed by atoms with E-state index in [4.69, 9.17) is 34.8 Å². The van der Waals surface area contributed by atoms with E-state index in [2.05, 4.69) is 21.2 Å². The molecule has 2 aromatic rings. The minimum atomic E-state index is -0.431. The molecule has 110 valence electrons. The summed E-state index contributed by atoms with van der Waals surface area (Å²) in [7, 11) is 0. The predicted molar refractivity (Wildman–Crippen MR) is 89.6 cm³/mol. The van der Waals surface area contributed by atoms with Crippen LogP contribution in [0.4, 0.5) is 11.4 Å². The number of rotatable bonds is 4. The first-order valence-electron chi connectivity index (χ1n) is 5.69. The van der Waals surface area contributed by atoms with Crippen molar-refractivity contribution in [2.45, 2.75) is 6.54 Å². The van der Waals surface area contributed by atoms with Crippen molar-refractivity contribution in [1.82, 2.24) is 0 Å². The van der Waals surface area contributed by atoms with E-state index in [-0.39, 0.29) is 12.2 Å². The standard InChI is InChI=1S/C13H8BrCl3N2O2/c14-8-1-2-13(19(20)21)7(3-8)6-18-12-5-10(16)9(15)4-11(12)17/h1-5,18H,6H2. The third-order valence-corrected chi connectivity index (χ3v) is 4.25. The molecule has 1 N–H and O–H groups in total. The third-order valence-electron chi connectivity index (χ3n) is 2.72. The summed E-state index contributed by atoms with van der Waals surface area (Å²) < 4.78 is 0.755. The molecular weight excluding hydrogens is 402 g/mol. The van der Waals surface area contributed by atoms with E-state index in [1.807, 2.05) is 0 Å². The number of hydrogen-bond acceptors (Lipinski definition) is 3. The highest BCUT2D eigenvalue weighted by Gasteiger charge is 2.14. The molecular formula is C13H8BrCl3N2O2. The van der Waals surface area contributed by atoms with Crippen LogP contribution in [-0.2, 0) is 6.54 Å². The summed E-state index contributed by atoms with van der Waals surface area (Å²) in [5, 5.41) is 15.1. The number of nitrogens with zero attached hydrogens (tertiary/aromatic N) is 1. The Bertz CT molecular complexity index is 710. The molecule has 2 aromatic carbocycles. The molecule has 0 bridgehead atoms. The van der Waals surface area contributed by atoms with Crippen molar-refractivity contribution in [3.05, 3.63) is 65.6 Å². The lowest BCUT2D eigenvalue weighted by Crippen LogP contribution is -2.03. The van der Waals surface area contributed by atoms with Crippen molar-refractivity contribution in [1.29, 1.82) is 0 Å². The first kappa shape index (κ1) is 16.4. The van der Waals surface area contributed by atoms with Crippen LogP contribution in [0.3, 0.4) is 0 Å². The molecule has 21 heavy (non-hydrogen) atoms. The molecule has 0 saturated carbocycles. The quantitative estimate of drug-likeness (QED) is 0.386. The van der Waals surface area contributed by atoms with Crippen LogP contribution in [0.25, 0.3) is 0 Å². The summed E-state index contributed by atoms with van der Waals surface area (Å²) in [5.41, 5.74) is 1.11. The van der Waals surface area contributed by atoms with Gasteiger partial charge in [0, 0.05) is 22.6 Å². The van der Waals surface area contributed by atoms with Crippen LogP contribution in [0.5, 0.6) is 0 Å². The van der Waals surface area contributed by atoms with Crippen LogP contribution in [-0.4, -0.2) is 4.92 Å². The van der Waals surface area contributed by atoms with Gasteiger partial charge in [-0.2, -0.15) is 0 Å². The molecule has 0 radical (unpaired) electrons. The zero-order chi connectivity index (χ0) is 15.6. The van der Waals surface area contributed by atoms with Crippen molar-refractivity contribution in [2.75, 3.05) is 5.32 Å². The lowest BCUT2D eigenvalue weighted by atomic mass is 10.1. The van der Waals surface area contributed by atoms with Gasteiger partial charge in [-0.05, 0) is 24.3 Å². The van der Waals surface area contributed by atoms with Crippen LogP contribution in [0, 0.1) is 10.1 Å². The topological polar surface area (TPSA) is 55.2 Å². The summed E-state index contributed by atoms with van der Waals surface area (Å²) >= 11 is 21.1. The van der Waals surface area contributed by atoms with Crippen LogP contribution in [0.15, 0.2) is 34.8 Å². The van der Waals surface area contributed by atoms with Gasteiger partial charge in [-0.15, -0.1) is 0 Å². The number of nitro groups is 1. The summed E-state index contributed by atoms with van der Waals surface area (Å²) in [5.74, 6) is 0. The number of halogens is 4. The lowest BCUT2D eigenvalue weighted by molar-refractivity contribution is -0.385. The van der Waals surface area contributed by atoms with Crippen molar-refractivity contribution in [3.8, 4) is 0 Å². The molecule has 0 aromatic heterocycles. The summed E-state index contributed by atoms with van der Waals surface area (Å²) in [6.45, 7) is 0.230. The van der Waals surface area contributed by atoms with Gasteiger partial charge in [-0.25, -0.2) is 0 Å². The van der Waals surface area contributed by atoms with E-state index >= 15 is 0 Å². The Balaban J connectivity index is 2.26. The zero-order valence-corrected chi connectivity index (χ0v) is 14.2. The number of anilines is 1. The Labute approximate surface area is 144 Å². The Morgan fingerprint density at radius 2 is 1.76 bits per heavy atom. The first-order valence-corrected chi connectivity index (χ1v) is 7.62. The second-order valence-corrected chi connectivity index (χ2v) is 6.27. The van der Waals surface area contributed by atoms with Gasteiger partial charge >= 0.3 is 0 Å². The van der Waals surface area contributed by atoms with Gasteiger partial charge in [0.2, 0.25) is 0 Å². The van der Waals surface area contributed by atoms with Crippen molar-refractivity contribution in [3.63, 3.8) is 0 Å². The molecule has 0 aliphatic rings. The highest BCUT2D eigenvalue weighted by molar-refractivity contribution is 9.10. The van der Waals surface area contributed by atoms with Crippen molar-refractivity contribution in [2.24, 2.45) is 0 Å². The Morgan fingerprint density at radius 3 is 2.43 bits per heavy atom. The maximum absolute atomic E-state index is 11.0. The number of hydrogen-bond donors (Lipinski definition) is 1. The zero-order valence-electron chi connectivity index (χ0n) is 10.4. The fraction of sp³-hybridized carbons (Fsp3) is 0.0769. The predicted octanol–water partition coefficient (Wildman–Crippen LogP) is 5.93. The average Bonchev–Trinajstić information content (AvgIpc) is 2.41. The fourth-order valence-corrected chi connectivity index (χ4v) is 2.74. The third kappa shape index (κ3) is 4.01. The molecule has 0 saturated heterocycles. The molecule has 0 unspecified atom stereocenters. The van der Waals surface area contributed by atoms with Crippen molar-refractivity contribution < 1.29 is 4.92 Å². The maximum atomic E-state index is 11.0. The molecule has 2 rings (SSSR count).